The van der Waals surface area contributed by atoms with E-state index >= 15 is 0 Å². The summed E-state index contributed by atoms with van der Waals surface area (Å²) in [7, 11) is 0. The fourth-order valence-electron chi connectivity index (χ4n) is 2.70. The normalized spacial score (nSPS) is 19.0. The predicted octanol–water partition coefficient (Wildman–Crippen LogP) is 4.20. The van der Waals surface area contributed by atoms with E-state index in [4.69, 9.17) is 4.74 Å². The maximum Gasteiger partial charge on any atom is 0.435 e. The Hall–Kier alpha value is -2.07. The monoisotopic (exact) mass is 371 g/mol. The maximum absolute atomic E-state index is 13.2. The molecule has 0 radical (unpaired) electrons. The van der Waals surface area contributed by atoms with Crippen molar-refractivity contribution in [1.82, 2.24) is 15.1 Å². The van der Waals surface area contributed by atoms with Crippen molar-refractivity contribution in [3.63, 3.8) is 0 Å². The van der Waals surface area contributed by atoms with Crippen LogP contribution in [-0.2, 0) is 17.1 Å². The number of piperidine rings is 1. The van der Waals surface area contributed by atoms with Gasteiger partial charge in [-0.2, -0.15) is 26.3 Å². The van der Waals surface area contributed by atoms with E-state index in [0.717, 1.165) is 4.90 Å². The van der Waals surface area contributed by atoms with Crippen molar-refractivity contribution >= 4 is 6.09 Å². The Morgan fingerprint density at radius 3 is 2.44 bits per heavy atom. The molecule has 25 heavy (non-hydrogen) atoms. The van der Waals surface area contributed by atoms with Crippen LogP contribution in [0.2, 0.25) is 0 Å². The number of carbonyl (C=O) groups excluding carboxylic acids is 1. The number of amides is 1. The first-order valence-corrected chi connectivity index (χ1v) is 7.51. The zero-order valence-electron chi connectivity index (χ0n) is 13.1. The summed E-state index contributed by atoms with van der Waals surface area (Å²) in [6.07, 6.45) is -9.77. The van der Waals surface area contributed by atoms with Gasteiger partial charge in [-0.15, -0.1) is 10.2 Å². The number of aromatic nitrogens is 2. The average molecular weight is 371 g/mol. The van der Waals surface area contributed by atoms with E-state index < -0.39 is 41.4 Å². The highest BCUT2D eigenvalue weighted by Gasteiger charge is 2.43. The molecule has 2 heterocycles. The lowest BCUT2D eigenvalue weighted by Gasteiger charge is -2.36. The van der Waals surface area contributed by atoms with Crippen molar-refractivity contribution < 1.29 is 35.9 Å². The van der Waals surface area contributed by atoms with E-state index in [1.807, 2.05) is 0 Å². The quantitative estimate of drug-likeness (QED) is 0.732. The molecule has 5 nitrogen and oxygen atoms in total. The molecule has 11 heteroatoms. The Balaban J connectivity index is 2.54. The third-order valence-electron chi connectivity index (χ3n) is 3.75. The molecule has 1 aromatic rings. The number of carbonyl (C=O) groups is 1. The molecule has 0 bridgehead atoms. The highest BCUT2D eigenvalue weighted by molar-refractivity contribution is 5.68. The number of hydrogen-bond donors (Lipinski definition) is 0. The predicted molar refractivity (Wildman–Crippen MR) is 72.4 cm³/mol. The molecule has 0 aliphatic carbocycles. The number of likely N-dealkylation sites (tertiary alicyclic amines) is 1. The van der Waals surface area contributed by atoms with Crippen LogP contribution in [0.5, 0.6) is 0 Å². The molecule has 1 aliphatic rings. The van der Waals surface area contributed by atoms with Crippen LogP contribution in [0.15, 0.2) is 6.07 Å². The molecular formula is C14H15F6N3O2. The molecule has 1 fully saturated rings. The van der Waals surface area contributed by atoms with Gasteiger partial charge in [-0.05, 0) is 32.3 Å². The minimum atomic E-state index is -5.00. The molecule has 1 amide bonds. The summed E-state index contributed by atoms with van der Waals surface area (Å²) in [4.78, 5) is 13.0. The summed E-state index contributed by atoms with van der Waals surface area (Å²) in [5.41, 5.74) is -3.78. The van der Waals surface area contributed by atoms with E-state index in [2.05, 4.69) is 10.2 Å². The summed E-state index contributed by atoms with van der Waals surface area (Å²) in [6.45, 7) is 1.61. The highest BCUT2D eigenvalue weighted by Crippen LogP contribution is 2.40. The molecular weight excluding hydrogens is 356 g/mol. The van der Waals surface area contributed by atoms with Crippen LogP contribution in [-0.4, -0.2) is 34.3 Å². The fraction of sp³-hybridized carbons (Fsp3) is 0.643. The first-order chi connectivity index (χ1) is 11.6. The number of hydrogen-bond acceptors (Lipinski definition) is 4. The Bertz CT molecular complexity index is 632. The number of nitrogens with zero attached hydrogens (tertiary/aromatic N) is 3. The topological polar surface area (TPSA) is 55.3 Å². The van der Waals surface area contributed by atoms with E-state index in [1.165, 1.54) is 6.92 Å². The average Bonchev–Trinajstić information content (AvgIpc) is 2.53. The largest absolute Gasteiger partial charge is 0.450 e. The van der Waals surface area contributed by atoms with E-state index in [-0.39, 0.29) is 19.6 Å². The van der Waals surface area contributed by atoms with E-state index in [1.54, 1.807) is 0 Å². The lowest BCUT2D eigenvalue weighted by molar-refractivity contribution is -0.149. The van der Waals surface area contributed by atoms with E-state index in [9.17, 15) is 31.1 Å². The lowest BCUT2D eigenvalue weighted by Crippen LogP contribution is -2.40. The third kappa shape index (κ3) is 4.31. The van der Waals surface area contributed by atoms with Gasteiger partial charge in [0.05, 0.1) is 12.6 Å². The Morgan fingerprint density at radius 2 is 1.88 bits per heavy atom. The van der Waals surface area contributed by atoms with Gasteiger partial charge >= 0.3 is 18.4 Å². The van der Waals surface area contributed by atoms with E-state index in [0.29, 0.717) is 18.9 Å². The molecule has 1 unspecified atom stereocenters. The van der Waals surface area contributed by atoms with Gasteiger partial charge in [0.25, 0.3) is 0 Å². The van der Waals surface area contributed by atoms with Crippen molar-refractivity contribution in [3.05, 3.63) is 23.0 Å². The maximum atomic E-state index is 13.2. The second kappa shape index (κ2) is 7.04. The van der Waals surface area contributed by atoms with Crippen molar-refractivity contribution in [1.29, 1.82) is 0 Å². The Labute approximate surface area is 139 Å². The van der Waals surface area contributed by atoms with Gasteiger partial charge in [-0.3, -0.25) is 0 Å². The number of alkyl halides is 6. The van der Waals surface area contributed by atoms with Crippen LogP contribution in [0.1, 0.15) is 49.2 Å². The SMILES string of the molecule is CCOC(=O)N1CCCCC1c1cc(C(F)(F)F)nnc1C(F)(F)F. The van der Waals surface area contributed by atoms with Gasteiger partial charge in [-0.1, -0.05) is 0 Å². The van der Waals surface area contributed by atoms with Crippen molar-refractivity contribution in [2.75, 3.05) is 13.2 Å². The molecule has 1 atom stereocenters. The zero-order chi connectivity index (χ0) is 18.8. The molecule has 140 valence electrons. The first kappa shape index (κ1) is 19.3. The molecule has 1 saturated heterocycles. The molecule has 1 aromatic heterocycles. The lowest BCUT2D eigenvalue weighted by atomic mass is 9.94. The summed E-state index contributed by atoms with van der Waals surface area (Å²) < 4.78 is 82.9. The number of halogens is 6. The summed E-state index contributed by atoms with van der Waals surface area (Å²) in [5, 5.41) is 5.41. The summed E-state index contributed by atoms with van der Waals surface area (Å²) >= 11 is 0. The molecule has 2 rings (SSSR count). The van der Waals surface area contributed by atoms with Crippen LogP contribution in [0, 0.1) is 0 Å². The van der Waals surface area contributed by atoms with Gasteiger partial charge in [0.1, 0.15) is 0 Å². The van der Waals surface area contributed by atoms with Gasteiger partial charge in [0.2, 0.25) is 0 Å². The van der Waals surface area contributed by atoms with Crippen molar-refractivity contribution in [3.8, 4) is 0 Å². The van der Waals surface area contributed by atoms with Gasteiger partial charge in [-0.25, -0.2) is 4.79 Å². The summed E-state index contributed by atoms with van der Waals surface area (Å²) in [5.74, 6) is 0. The third-order valence-corrected chi connectivity index (χ3v) is 3.75. The van der Waals surface area contributed by atoms with Gasteiger partial charge < -0.3 is 9.64 Å². The van der Waals surface area contributed by atoms with Crippen LogP contribution in [0.3, 0.4) is 0 Å². The minimum Gasteiger partial charge on any atom is -0.450 e. The van der Waals surface area contributed by atoms with Crippen LogP contribution < -0.4 is 0 Å². The Morgan fingerprint density at radius 1 is 1.20 bits per heavy atom. The standard InChI is InChI=1S/C14H15F6N3O2/c1-2-25-12(24)23-6-4-3-5-9(23)8-7-10(13(15,16)17)21-22-11(8)14(18,19)20/h7,9H,2-6H2,1H3. The molecule has 1 aliphatic heterocycles. The molecule has 0 N–H and O–H groups in total. The van der Waals surface area contributed by atoms with Crippen LogP contribution in [0.25, 0.3) is 0 Å². The molecule has 0 saturated carbocycles. The van der Waals surface area contributed by atoms with Crippen molar-refractivity contribution in [2.24, 2.45) is 0 Å². The highest BCUT2D eigenvalue weighted by atomic mass is 19.4. The summed E-state index contributed by atoms with van der Waals surface area (Å²) in [6, 6.07) is -0.890. The van der Waals surface area contributed by atoms with Crippen LogP contribution >= 0.6 is 0 Å². The second-order valence-electron chi connectivity index (χ2n) is 5.43. The Kier molecular flexibility index (Phi) is 5.43. The molecule has 0 aromatic carbocycles. The molecule has 0 spiro atoms. The smallest absolute Gasteiger partial charge is 0.435 e. The second-order valence-corrected chi connectivity index (χ2v) is 5.43. The minimum absolute atomic E-state index is 0.00340. The number of ether oxygens (including phenoxy) is 1. The first-order valence-electron chi connectivity index (χ1n) is 7.51. The fourth-order valence-corrected chi connectivity index (χ4v) is 2.70. The number of rotatable bonds is 2. The zero-order valence-corrected chi connectivity index (χ0v) is 13.1. The van der Waals surface area contributed by atoms with Crippen LogP contribution in [0.4, 0.5) is 31.1 Å². The van der Waals surface area contributed by atoms with Gasteiger partial charge in [0, 0.05) is 12.1 Å². The van der Waals surface area contributed by atoms with Crippen molar-refractivity contribution in [2.45, 2.75) is 44.6 Å². The van der Waals surface area contributed by atoms with Gasteiger partial charge in [0.15, 0.2) is 11.4 Å².